The third-order valence-electron chi connectivity index (χ3n) is 4.20. The van der Waals surface area contributed by atoms with Gasteiger partial charge in [0.15, 0.2) is 0 Å². The van der Waals surface area contributed by atoms with Crippen LogP contribution < -0.4 is 16.1 Å². The molecule has 1 heterocycles. The van der Waals surface area contributed by atoms with Crippen molar-refractivity contribution in [1.82, 2.24) is 9.55 Å². The highest BCUT2D eigenvalue weighted by Gasteiger charge is 2.12. The fraction of sp³-hybridized carbons (Fsp3) is 0.211. The zero-order valence-corrected chi connectivity index (χ0v) is 14.8. The van der Waals surface area contributed by atoms with E-state index in [-0.39, 0.29) is 17.5 Å². The number of hydrogen-bond acceptors (Lipinski definition) is 5. The van der Waals surface area contributed by atoms with Crippen molar-refractivity contribution in [2.24, 2.45) is 0 Å². The largest absolute Gasteiger partial charge is 0.465 e. The summed E-state index contributed by atoms with van der Waals surface area (Å²) in [5, 5.41) is 0.261. The maximum atomic E-state index is 12.8. The molecule has 0 fully saturated rings. The lowest BCUT2D eigenvalue weighted by Gasteiger charge is -2.13. The second kappa shape index (κ2) is 6.87. The third-order valence-corrected chi connectivity index (χ3v) is 4.20. The number of methoxy groups -OCH3 is 1. The Morgan fingerprint density at radius 1 is 1.12 bits per heavy atom. The number of benzene rings is 2. The fourth-order valence-electron chi connectivity index (χ4n) is 2.72. The number of carbonyl (C=O) groups is 1. The second-order valence-electron chi connectivity index (χ2n) is 6.13. The molecule has 0 bridgehead atoms. The summed E-state index contributed by atoms with van der Waals surface area (Å²) in [5.41, 5.74) is 1.54. The van der Waals surface area contributed by atoms with Gasteiger partial charge >= 0.3 is 11.7 Å². The van der Waals surface area contributed by atoms with Crippen LogP contribution in [0.2, 0.25) is 0 Å². The smallest absolute Gasteiger partial charge is 0.337 e. The van der Waals surface area contributed by atoms with Crippen molar-refractivity contribution < 1.29 is 9.53 Å². The van der Waals surface area contributed by atoms with Gasteiger partial charge in [0.05, 0.1) is 30.1 Å². The van der Waals surface area contributed by atoms with E-state index in [0.29, 0.717) is 5.52 Å². The normalized spacial score (nSPS) is 10.7. The van der Waals surface area contributed by atoms with E-state index in [0.717, 1.165) is 15.8 Å². The maximum absolute atomic E-state index is 12.8. The van der Waals surface area contributed by atoms with Gasteiger partial charge in [0, 0.05) is 19.8 Å². The molecule has 0 aliphatic heterocycles. The molecule has 7 nitrogen and oxygen atoms in total. The molecule has 1 N–H and O–H groups in total. The molecule has 3 aromatic rings. The van der Waals surface area contributed by atoms with Crippen LogP contribution in [0.3, 0.4) is 0 Å². The number of anilines is 1. The van der Waals surface area contributed by atoms with Crippen molar-refractivity contribution in [1.29, 1.82) is 0 Å². The van der Waals surface area contributed by atoms with Crippen LogP contribution in [0.1, 0.15) is 15.9 Å². The molecule has 7 heteroatoms. The minimum Gasteiger partial charge on any atom is -0.465 e. The van der Waals surface area contributed by atoms with E-state index >= 15 is 0 Å². The summed E-state index contributed by atoms with van der Waals surface area (Å²) in [6.45, 7) is 0.139. The molecule has 0 amide bonds. The summed E-state index contributed by atoms with van der Waals surface area (Å²) < 4.78 is 5.80. The lowest BCUT2D eigenvalue weighted by Crippen LogP contribution is -2.35. The Morgan fingerprint density at radius 3 is 2.42 bits per heavy atom. The van der Waals surface area contributed by atoms with Crippen molar-refractivity contribution in [2.75, 3.05) is 26.1 Å². The molecule has 2 aromatic carbocycles. The highest BCUT2D eigenvalue weighted by Crippen LogP contribution is 2.13. The van der Waals surface area contributed by atoms with Crippen molar-refractivity contribution in [3.05, 3.63) is 74.4 Å². The van der Waals surface area contributed by atoms with Crippen LogP contribution in [0.15, 0.2) is 52.1 Å². The standard InChI is InChI=1S/C19H19N3O4/c1-21(2)14-7-4-12(5-8-14)11-22-17(23)15-10-13(18(24)26-3)6-9-16(15)20-19(22)25/h4-10H,11H2,1-3H3,(H,20,25). The number of aromatic nitrogens is 2. The molecule has 1 aromatic heterocycles. The van der Waals surface area contributed by atoms with E-state index in [1.54, 1.807) is 0 Å². The van der Waals surface area contributed by atoms with Crippen LogP contribution >= 0.6 is 0 Å². The van der Waals surface area contributed by atoms with Gasteiger partial charge in [-0.3, -0.25) is 9.36 Å². The first kappa shape index (κ1) is 17.5. The van der Waals surface area contributed by atoms with E-state index in [1.165, 1.54) is 25.3 Å². The summed E-state index contributed by atoms with van der Waals surface area (Å²) in [6, 6.07) is 12.1. The summed E-state index contributed by atoms with van der Waals surface area (Å²) in [6.07, 6.45) is 0. The number of nitrogens with one attached hydrogen (secondary N) is 1. The Labute approximate surface area is 149 Å². The number of hydrogen-bond donors (Lipinski definition) is 1. The van der Waals surface area contributed by atoms with Crippen LogP contribution in [0.5, 0.6) is 0 Å². The Balaban J connectivity index is 2.06. The van der Waals surface area contributed by atoms with Gasteiger partial charge in [0.1, 0.15) is 0 Å². The van der Waals surface area contributed by atoms with E-state index in [9.17, 15) is 14.4 Å². The topological polar surface area (TPSA) is 84.4 Å². The Morgan fingerprint density at radius 2 is 1.81 bits per heavy atom. The first-order valence-electron chi connectivity index (χ1n) is 8.02. The van der Waals surface area contributed by atoms with E-state index in [4.69, 9.17) is 0 Å². The van der Waals surface area contributed by atoms with Crippen molar-refractivity contribution in [3.8, 4) is 0 Å². The SMILES string of the molecule is COC(=O)c1ccc2[nH]c(=O)n(Cc3ccc(N(C)C)cc3)c(=O)c2c1. The number of esters is 1. The van der Waals surface area contributed by atoms with Gasteiger partial charge in [-0.2, -0.15) is 0 Å². The first-order chi connectivity index (χ1) is 12.4. The number of aromatic amines is 1. The molecule has 26 heavy (non-hydrogen) atoms. The molecular formula is C19H19N3O4. The van der Waals surface area contributed by atoms with Gasteiger partial charge in [-0.1, -0.05) is 12.1 Å². The molecule has 3 rings (SSSR count). The van der Waals surface area contributed by atoms with E-state index in [2.05, 4.69) is 9.72 Å². The van der Waals surface area contributed by atoms with E-state index < -0.39 is 17.2 Å². The zero-order chi connectivity index (χ0) is 18.8. The van der Waals surface area contributed by atoms with Gasteiger partial charge in [-0.05, 0) is 35.9 Å². The number of carbonyl (C=O) groups excluding carboxylic acids is 1. The van der Waals surface area contributed by atoms with Crippen LogP contribution in [0.4, 0.5) is 5.69 Å². The minimum atomic E-state index is -0.539. The summed E-state index contributed by atoms with van der Waals surface area (Å²) in [7, 11) is 5.15. The molecule has 134 valence electrons. The van der Waals surface area contributed by atoms with Gasteiger partial charge in [0.25, 0.3) is 5.56 Å². The highest BCUT2D eigenvalue weighted by atomic mass is 16.5. The number of rotatable bonds is 4. The van der Waals surface area contributed by atoms with E-state index in [1.807, 2.05) is 43.3 Å². The molecule has 0 radical (unpaired) electrons. The molecule has 0 aliphatic rings. The number of nitrogens with zero attached hydrogens (tertiary/aromatic N) is 2. The summed E-state index contributed by atoms with van der Waals surface area (Å²) >= 11 is 0. The van der Waals surface area contributed by atoms with Crippen LogP contribution in [-0.2, 0) is 11.3 Å². The minimum absolute atomic E-state index is 0.139. The van der Waals surface area contributed by atoms with Crippen LogP contribution in [0, 0.1) is 0 Å². The molecule has 0 spiro atoms. The predicted molar refractivity (Wildman–Crippen MR) is 100 cm³/mol. The lowest BCUT2D eigenvalue weighted by molar-refractivity contribution is 0.0601. The quantitative estimate of drug-likeness (QED) is 0.720. The maximum Gasteiger partial charge on any atom is 0.337 e. The van der Waals surface area contributed by atoms with Crippen molar-refractivity contribution in [2.45, 2.75) is 6.54 Å². The molecule has 0 atom stereocenters. The predicted octanol–water partition coefficient (Wildman–Crippen LogP) is 1.59. The van der Waals surface area contributed by atoms with Crippen molar-refractivity contribution >= 4 is 22.6 Å². The summed E-state index contributed by atoms with van der Waals surface area (Å²) in [5.74, 6) is -0.539. The van der Waals surface area contributed by atoms with Gasteiger partial charge < -0.3 is 14.6 Å². The van der Waals surface area contributed by atoms with Gasteiger partial charge in [-0.25, -0.2) is 9.59 Å². The number of fused-ring (bicyclic) bond motifs is 1. The van der Waals surface area contributed by atoms with Gasteiger partial charge in [0.2, 0.25) is 0 Å². The Bertz CT molecular complexity index is 1080. The Hall–Kier alpha value is -3.35. The van der Waals surface area contributed by atoms with Gasteiger partial charge in [-0.15, -0.1) is 0 Å². The Kier molecular flexibility index (Phi) is 4.62. The molecule has 0 unspecified atom stereocenters. The molecule has 0 saturated carbocycles. The fourth-order valence-corrected chi connectivity index (χ4v) is 2.72. The second-order valence-corrected chi connectivity index (χ2v) is 6.13. The number of H-pyrrole nitrogens is 1. The highest BCUT2D eigenvalue weighted by molar-refractivity contribution is 5.94. The monoisotopic (exact) mass is 353 g/mol. The zero-order valence-electron chi connectivity index (χ0n) is 14.8. The summed E-state index contributed by atoms with van der Waals surface area (Å²) in [4.78, 5) is 41.4. The number of ether oxygens (including phenoxy) is 1. The van der Waals surface area contributed by atoms with Crippen LogP contribution in [-0.4, -0.2) is 36.7 Å². The van der Waals surface area contributed by atoms with Crippen molar-refractivity contribution in [3.63, 3.8) is 0 Å². The molecule has 0 saturated heterocycles. The molecular weight excluding hydrogens is 334 g/mol. The van der Waals surface area contributed by atoms with Crippen LogP contribution in [0.25, 0.3) is 10.9 Å². The third kappa shape index (κ3) is 3.23. The lowest BCUT2D eigenvalue weighted by atomic mass is 10.1. The first-order valence-corrected chi connectivity index (χ1v) is 8.02. The average molecular weight is 353 g/mol. The average Bonchev–Trinajstić information content (AvgIpc) is 2.64. The molecule has 0 aliphatic carbocycles.